The van der Waals surface area contributed by atoms with Crippen molar-refractivity contribution in [1.29, 1.82) is 0 Å². The lowest BCUT2D eigenvalue weighted by atomic mass is 10.1. The molecule has 0 aliphatic heterocycles. The predicted octanol–water partition coefficient (Wildman–Crippen LogP) is 2.91. The molecular weight excluding hydrogens is 271 g/mol. The molecule has 1 atom stereocenters. The maximum absolute atomic E-state index is 12.5. The Morgan fingerprint density at radius 3 is 2.61 bits per heavy atom. The molecule has 0 heterocycles. The van der Waals surface area contributed by atoms with Gasteiger partial charge in [0.1, 0.15) is 0 Å². The lowest BCUT2D eigenvalue weighted by molar-refractivity contribution is -0.137. The minimum Gasteiger partial charge on any atom is -0.409 e. The summed E-state index contributed by atoms with van der Waals surface area (Å²) < 4.78 is 37.5. The molecule has 18 heavy (non-hydrogen) atoms. The summed E-state index contributed by atoms with van der Waals surface area (Å²) in [7, 11) is 0. The molecule has 1 aromatic carbocycles. The Morgan fingerprint density at radius 2 is 2.11 bits per heavy atom. The first-order valence-electron chi connectivity index (χ1n) is 4.86. The first-order chi connectivity index (χ1) is 8.25. The largest absolute Gasteiger partial charge is 0.416 e. The molecule has 0 amide bonds. The minimum absolute atomic E-state index is 0.0607. The highest BCUT2D eigenvalue weighted by molar-refractivity contribution is 6.33. The van der Waals surface area contributed by atoms with Crippen LogP contribution in [0.25, 0.3) is 0 Å². The van der Waals surface area contributed by atoms with Gasteiger partial charge in [0, 0.05) is 0 Å². The highest BCUT2D eigenvalue weighted by Gasteiger charge is 2.31. The molecule has 1 aromatic rings. The van der Waals surface area contributed by atoms with E-state index in [0.717, 1.165) is 18.2 Å². The van der Waals surface area contributed by atoms with Gasteiger partial charge in [0.15, 0.2) is 5.84 Å². The number of rotatable bonds is 3. The van der Waals surface area contributed by atoms with Crippen LogP contribution >= 0.6 is 11.6 Å². The van der Waals surface area contributed by atoms with Crippen molar-refractivity contribution in [1.82, 2.24) is 0 Å². The van der Waals surface area contributed by atoms with Gasteiger partial charge >= 0.3 is 6.18 Å². The molecule has 8 heteroatoms. The third-order valence-corrected chi connectivity index (χ3v) is 2.55. The van der Waals surface area contributed by atoms with E-state index in [0.29, 0.717) is 0 Å². The number of hydrogen-bond donors (Lipinski definition) is 3. The number of oxime groups is 1. The quantitative estimate of drug-likeness (QED) is 0.345. The van der Waals surface area contributed by atoms with Gasteiger partial charge in [0.2, 0.25) is 0 Å². The van der Waals surface area contributed by atoms with Gasteiger partial charge in [-0.05, 0) is 25.1 Å². The maximum atomic E-state index is 12.5. The molecule has 0 aromatic heterocycles. The molecule has 0 aliphatic rings. The zero-order chi connectivity index (χ0) is 13.9. The van der Waals surface area contributed by atoms with E-state index < -0.39 is 17.8 Å². The number of nitrogens with one attached hydrogen (secondary N) is 1. The van der Waals surface area contributed by atoms with Gasteiger partial charge in [-0.1, -0.05) is 16.8 Å². The van der Waals surface area contributed by atoms with E-state index in [4.69, 9.17) is 22.5 Å². The van der Waals surface area contributed by atoms with Gasteiger partial charge in [-0.15, -0.1) is 0 Å². The molecule has 0 aliphatic carbocycles. The average molecular weight is 282 g/mol. The highest BCUT2D eigenvalue weighted by Crippen LogP contribution is 2.33. The zero-order valence-electron chi connectivity index (χ0n) is 9.29. The molecule has 0 spiro atoms. The van der Waals surface area contributed by atoms with E-state index in [2.05, 4.69) is 10.5 Å². The fourth-order valence-corrected chi connectivity index (χ4v) is 1.38. The van der Waals surface area contributed by atoms with Gasteiger partial charge in [0.05, 0.1) is 22.3 Å². The summed E-state index contributed by atoms with van der Waals surface area (Å²) >= 11 is 5.77. The topological polar surface area (TPSA) is 70.6 Å². The molecule has 4 nitrogen and oxygen atoms in total. The van der Waals surface area contributed by atoms with Crippen LogP contribution < -0.4 is 11.1 Å². The summed E-state index contributed by atoms with van der Waals surface area (Å²) in [5.74, 6) is -0.163. The standard InChI is InChI=1S/C10H11ClF3N3O/c1-5(9(15)17-18)16-8-4-6(10(12,13)14)2-3-7(8)11/h2-5,16,18H,1H3,(H2,15,17). The van der Waals surface area contributed by atoms with Crippen molar-refractivity contribution in [2.75, 3.05) is 5.32 Å². The zero-order valence-corrected chi connectivity index (χ0v) is 10.0. The average Bonchev–Trinajstić information content (AvgIpc) is 2.29. The molecule has 100 valence electrons. The SMILES string of the molecule is CC(Nc1cc(C(F)(F)F)ccc1Cl)C(N)=NO. The second-order valence-electron chi connectivity index (χ2n) is 3.58. The van der Waals surface area contributed by atoms with Crippen molar-refractivity contribution in [2.45, 2.75) is 19.1 Å². The van der Waals surface area contributed by atoms with Crippen LogP contribution in [-0.2, 0) is 6.18 Å². The number of anilines is 1. The Kier molecular flexibility index (Phi) is 4.28. The summed E-state index contributed by atoms with van der Waals surface area (Å²) in [6.45, 7) is 1.52. The lowest BCUT2D eigenvalue weighted by Gasteiger charge is -2.16. The van der Waals surface area contributed by atoms with Crippen molar-refractivity contribution in [2.24, 2.45) is 10.9 Å². The van der Waals surface area contributed by atoms with Crippen LogP contribution in [0.5, 0.6) is 0 Å². The van der Waals surface area contributed by atoms with Crippen molar-refractivity contribution in [3.05, 3.63) is 28.8 Å². The van der Waals surface area contributed by atoms with Crippen LogP contribution in [0.1, 0.15) is 12.5 Å². The van der Waals surface area contributed by atoms with E-state index >= 15 is 0 Å². The monoisotopic (exact) mass is 281 g/mol. The Balaban J connectivity index is 3.02. The summed E-state index contributed by atoms with van der Waals surface area (Å²) in [6.07, 6.45) is -4.46. The Hall–Kier alpha value is -1.63. The molecule has 0 saturated heterocycles. The number of alkyl halides is 3. The van der Waals surface area contributed by atoms with Gasteiger partial charge in [-0.3, -0.25) is 0 Å². The predicted molar refractivity (Wildman–Crippen MR) is 62.9 cm³/mol. The number of amidine groups is 1. The van der Waals surface area contributed by atoms with Gasteiger partial charge < -0.3 is 16.3 Å². The number of halogens is 4. The lowest BCUT2D eigenvalue weighted by Crippen LogP contribution is -2.33. The van der Waals surface area contributed by atoms with Crippen LogP contribution in [0.2, 0.25) is 5.02 Å². The fraction of sp³-hybridized carbons (Fsp3) is 0.300. The number of benzene rings is 1. The van der Waals surface area contributed by atoms with Crippen molar-refractivity contribution in [3.63, 3.8) is 0 Å². The Labute approximate surface area is 106 Å². The van der Waals surface area contributed by atoms with E-state index in [-0.39, 0.29) is 16.5 Å². The summed E-state index contributed by atoms with van der Waals surface area (Å²) in [5, 5.41) is 13.9. The van der Waals surface area contributed by atoms with E-state index in [1.54, 1.807) is 0 Å². The molecule has 0 fully saturated rings. The van der Waals surface area contributed by atoms with Crippen molar-refractivity contribution >= 4 is 23.1 Å². The molecule has 1 rings (SSSR count). The van der Waals surface area contributed by atoms with Crippen LogP contribution in [-0.4, -0.2) is 17.1 Å². The van der Waals surface area contributed by atoms with Crippen LogP contribution in [0.3, 0.4) is 0 Å². The second kappa shape index (κ2) is 5.34. The Bertz CT molecular complexity index is 462. The molecule has 0 bridgehead atoms. The van der Waals surface area contributed by atoms with Gasteiger partial charge in [-0.2, -0.15) is 13.2 Å². The second-order valence-corrected chi connectivity index (χ2v) is 3.99. The first kappa shape index (κ1) is 14.4. The number of nitrogens with zero attached hydrogens (tertiary/aromatic N) is 1. The van der Waals surface area contributed by atoms with Crippen LogP contribution in [0.4, 0.5) is 18.9 Å². The van der Waals surface area contributed by atoms with Crippen LogP contribution in [0, 0.1) is 0 Å². The van der Waals surface area contributed by atoms with Crippen LogP contribution in [0.15, 0.2) is 23.4 Å². The molecule has 1 unspecified atom stereocenters. The smallest absolute Gasteiger partial charge is 0.409 e. The fourth-order valence-electron chi connectivity index (χ4n) is 1.21. The third kappa shape index (κ3) is 3.43. The Morgan fingerprint density at radius 1 is 1.50 bits per heavy atom. The summed E-state index contributed by atoms with van der Waals surface area (Å²) in [5.41, 5.74) is 4.54. The maximum Gasteiger partial charge on any atom is 0.416 e. The highest BCUT2D eigenvalue weighted by atomic mass is 35.5. The number of hydrogen-bond acceptors (Lipinski definition) is 3. The van der Waals surface area contributed by atoms with Gasteiger partial charge in [-0.25, -0.2) is 0 Å². The molecule has 0 saturated carbocycles. The normalized spacial score (nSPS) is 14.4. The van der Waals surface area contributed by atoms with E-state index in [9.17, 15) is 13.2 Å². The van der Waals surface area contributed by atoms with Crippen molar-refractivity contribution < 1.29 is 18.4 Å². The number of nitrogens with two attached hydrogens (primary N) is 1. The van der Waals surface area contributed by atoms with Crippen molar-refractivity contribution in [3.8, 4) is 0 Å². The first-order valence-corrected chi connectivity index (χ1v) is 5.24. The summed E-state index contributed by atoms with van der Waals surface area (Å²) in [4.78, 5) is 0. The van der Waals surface area contributed by atoms with Gasteiger partial charge in [0.25, 0.3) is 0 Å². The molecule has 4 N–H and O–H groups in total. The van der Waals surface area contributed by atoms with E-state index in [1.165, 1.54) is 6.92 Å². The molecule has 0 radical (unpaired) electrons. The minimum atomic E-state index is -4.46. The third-order valence-electron chi connectivity index (χ3n) is 2.22. The summed E-state index contributed by atoms with van der Waals surface area (Å²) in [6, 6.07) is 2.22. The molecular formula is C10H11ClF3N3O. The van der Waals surface area contributed by atoms with E-state index in [1.807, 2.05) is 0 Å².